The first-order valence-electron chi connectivity index (χ1n) is 7.75. The van der Waals surface area contributed by atoms with Crippen molar-refractivity contribution >= 4 is 16.7 Å². The van der Waals surface area contributed by atoms with Gasteiger partial charge in [0.15, 0.2) is 17.4 Å². The van der Waals surface area contributed by atoms with Crippen molar-refractivity contribution in [2.24, 2.45) is 5.16 Å². The maximum atomic E-state index is 13.6. The fourth-order valence-electron chi connectivity index (χ4n) is 2.54. The van der Waals surface area contributed by atoms with E-state index >= 15 is 0 Å². The van der Waals surface area contributed by atoms with E-state index in [0.29, 0.717) is 16.6 Å². The van der Waals surface area contributed by atoms with Crippen LogP contribution in [0.5, 0.6) is 5.75 Å². The molecule has 0 aliphatic heterocycles. The van der Waals surface area contributed by atoms with Crippen LogP contribution in [0.4, 0.5) is 13.2 Å². The predicted octanol–water partition coefficient (Wildman–Crippen LogP) is 4.52. The van der Waals surface area contributed by atoms with Crippen LogP contribution in [0, 0.1) is 5.82 Å². The molecule has 2 aromatic carbocycles. The summed E-state index contributed by atoms with van der Waals surface area (Å²) in [4.78, 5) is 9.37. The second-order valence-electron chi connectivity index (χ2n) is 5.49. The van der Waals surface area contributed by atoms with E-state index in [1.807, 2.05) is 0 Å². The molecule has 26 heavy (non-hydrogen) atoms. The third kappa shape index (κ3) is 3.49. The zero-order valence-corrected chi connectivity index (χ0v) is 14.1. The number of oxime groups is 1. The Bertz CT molecular complexity index is 954. The van der Waals surface area contributed by atoms with Crippen LogP contribution in [-0.2, 0) is 11.4 Å². The number of halogens is 3. The van der Waals surface area contributed by atoms with Crippen molar-refractivity contribution in [3.63, 3.8) is 0 Å². The summed E-state index contributed by atoms with van der Waals surface area (Å²) in [6.07, 6.45) is 0. The molecule has 3 aromatic rings. The Labute approximate surface area is 147 Å². The van der Waals surface area contributed by atoms with Crippen LogP contribution in [-0.4, -0.2) is 22.4 Å². The smallest absolute Gasteiger partial charge is 0.320 e. The van der Waals surface area contributed by atoms with Gasteiger partial charge in [0.1, 0.15) is 12.3 Å². The van der Waals surface area contributed by atoms with Gasteiger partial charge in [0.2, 0.25) is 0 Å². The highest BCUT2D eigenvalue weighted by atomic mass is 19.3. The van der Waals surface area contributed by atoms with Crippen LogP contribution >= 0.6 is 0 Å². The van der Waals surface area contributed by atoms with Crippen molar-refractivity contribution in [2.45, 2.75) is 20.1 Å². The Morgan fingerprint density at radius 3 is 2.69 bits per heavy atom. The number of rotatable bonds is 6. The highest BCUT2D eigenvalue weighted by Gasteiger charge is 2.19. The number of ether oxygens (including phenoxy) is 1. The number of benzene rings is 2. The monoisotopic (exact) mass is 363 g/mol. The fourth-order valence-corrected chi connectivity index (χ4v) is 2.54. The molecule has 0 fully saturated rings. The lowest BCUT2D eigenvalue weighted by atomic mass is 10.2. The molecule has 0 atom stereocenters. The minimum absolute atomic E-state index is 0.0158. The molecule has 0 saturated heterocycles. The van der Waals surface area contributed by atoms with Crippen molar-refractivity contribution in [1.29, 1.82) is 0 Å². The lowest BCUT2D eigenvalue weighted by molar-refractivity contribution is 0.0736. The summed E-state index contributed by atoms with van der Waals surface area (Å²) in [5.74, 6) is -0.380. The van der Waals surface area contributed by atoms with Crippen molar-refractivity contribution in [3.8, 4) is 5.75 Å². The van der Waals surface area contributed by atoms with E-state index in [4.69, 9.17) is 9.57 Å². The summed E-state index contributed by atoms with van der Waals surface area (Å²) < 4.78 is 46.1. The Morgan fingerprint density at radius 2 is 2.00 bits per heavy atom. The Morgan fingerprint density at radius 1 is 1.23 bits per heavy atom. The van der Waals surface area contributed by atoms with E-state index in [1.54, 1.807) is 30.3 Å². The standard InChI is InChI=1S/C18H16F3N3O2/c1-11(23-26-10-12-7-8-16(25-2)13(19)9-12)17-22-14-5-3-4-6-15(14)24(17)18(20)21/h3-9,18H,10H2,1-2H3/b23-11-. The lowest BCUT2D eigenvalue weighted by Gasteiger charge is -2.08. The lowest BCUT2D eigenvalue weighted by Crippen LogP contribution is -2.10. The van der Waals surface area contributed by atoms with Gasteiger partial charge in [0.05, 0.1) is 18.1 Å². The predicted molar refractivity (Wildman–Crippen MR) is 90.9 cm³/mol. The molecule has 0 amide bonds. The summed E-state index contributed by atoms with van der Waals surface area (Å²) in [5.41, 5.74) is 1.47. The van der Waals surface area contributed by atoms with Gasteiger partial charge >= 0.3 is 6.55 Å². The summed E-state index contributed by atoms with van der Waals surface area (Å²) in [6.45, 7) is -1.26. The van der Waals surface area contributed by atoms with E-state index < -0.39 is 12.4 Å². The molecule has 0 unspecified atom stereocenters. The van der Waals surface area contributed by atoms with Gasteiger partial charge in [-0.25, -0.2) is 9.37 Å². The molecule has 5 nitrogen and oxygen atoms in total. The van der Waals surface area contributed by atoms with Gasteiger partial charge in [-0.2, -0.15) is 8.78 Å². The van der Waals surface area contributed by atoms with Gasteiger partial charge in [0, 0.05) is 0 Å². The molecule has 1 aromatic heterocycles. The zero-order valence-electron chi connectivity index (χ0n) is 14.1. The molecule has 0 spiro atoms. The average molecular weight is 363 g/mol. The van der Waals surface area contributed by atoms with Gasteiger partial charge in [-0.1, -0.05) is 23.4 Å². The number of para-hydroxylation sites is 2. The molecule has 0 bridgehead atoms. The van der Waals surface area contributed by atoms with Crippen molar-refractivity contribution in [2.75, 3.05) is 7.11 Å². The van der Waals surface area contributed by atoms with Gasteiger partial charge in [0.25, 0.3) is 0 Å². The summed E-state index contributed by atoms with van der Waals surface area (Å²) in [7, 11) is 1.37. The molecular formula is C18H16F3N3O2. The van der Waals surface area contributed by atoms with E-state index in [0.717, 1.165) is 4.57 Å². The van der Waals surface area contributed by atoms with Crippen molar-refractivity contribution in [3.05, 3.63) is 59.7 Å². The average Bonchev–Trinajstić information content (AvgIpc) is 3.01. The van der Waals surface area contributed by atoms with Crippen LogP contribution in [0.3, 0.4) is 0 Å². The highest BCUT2D eigenvalue weighted by molar-refractivity contribution is 5.98. The Hall–Kier alpha value is -3.03. The van der Waals surface area contributed by atoms with Crippen LogP contribution < -0.4 is 4.74 Å². The first-order chi connectivity index (χ1) is 12.5. The zero-order chi connectivity index (χ0) is 18.7. The quantitative estimate of drug-likeness (QED) is 0.478. The Balaban J connectivity index is 1.81. The maximum absolute atomic E-state index is 13.6. The molecule has 0 N–H and O–H groups in total. The second kappa shape index (κ2) is 7.47. The molecule has 0 radical (unpaired) electrons. The van der Waals surface area contributed by atoms with Crippen LogP contribution in [0.1, 0.15) is 24.9 Å². The summed E-state index contributed by atoms with van der Waals surface area (Å²) in [6, 6.07) is 10.9. The topological polar surface area (TPSA) is 48.6 Å². The number of hydrogen-bond acceptors (Lipinski definition) is 4. The minimum atomic E-state index is -2.77. The fraction of sp³-hybridized carbons (Fsp3) is 0.222. The molecule has 8 heteroatoms. The summed E-state index contributed by atoms with van der Waals surface area (Å²) >= 11 is 0. The number of aromatic nitrogens is 2. The highest BCUT2D eigenvalue weighted by Crippen LogP contribution is 2.23. The molecule has 3 rings (SSSR count). The number of fused-ring (bicyclic) bond motifs is 1. The van der Waals surface area contributed by atoms with Crippen LogP contribution in [0.25, 0.3) is 11.0 Å². The van der Waals surface area contributed by atoms with E-state index in [1.165, 1.54) is 26.2 Å². The molecule has 0 aliphatic carbocycles. The maximum Gasteiger partial charge on any atom is 0.320 e. The molecule has 0 aliphatic rings. The SMILES string of the molecule is COc1ccc(CO/N=C(/C)c2nc3ccccc3n2C(F)F)cc1F. The van der Waals surface area contributed by atoms with Crippen molar-refractivity contribution < 1.29 is 22.7 Å². The minimum Gasteiger partial charge on any atom is -0.494 e. The molecule has 0 saturated carbocycles. The van der Waals surface area contributed by atoms with Gasteiger partial charge in [-0.05, 0) is 36.8 Å². The number of methoxy groups -OCH3 is 1. The molecule has 136 valence electrons. The van der Waals surface area contributed by atoms with Gasteiger partial charge < -0.3 is 9.57 Å². The largest absolute Gasteiger partial charge is 0.494 e. The van der Waals surface area contributed by atoms with Gasteiger partial charge in [-0.15, -0.1) is 0 Å². The Kier molecular flexibility index (Phi) is 5.11. The number of hydrogen-bond donors (Lipinski definition) is 0. The molecular weight excluding hydrogens is 347 g/mol. The third-order valence-corrected chi connectivity index (χ3v) is 3.76. The normalized spacial score (nSPS) is 12.0. The number of alkyl halides is 2. The van der Waals surface area contributed by atoms with E-state index in [-0.39, 0.29) is 23.9 Å². The van der Waals surface area contributed by atoms with E-state index in [9.17, 15) is 13.2 Å². The summed E-state index contributed by atoms with van der Waals surface area (Å²) in [5, 5.41) is 3.85. The number of imidazole rings is 1. The van der Waals surface area contributed by atoms with Crippen LogP contribution in [0.2, 0.25) is 0 Å². The first-order valence-corrected chi connectivity index (χ1v) is 7.75. The van der Waals surface area contributed by atoms with E-state index in [2.05, 4.69) is 10.1 Å². The van der Waals surface area contributed by atoms with Crippen molar-refractivity contribution in [1.82, 2.24) is 9.55 Å². The first kappa shape index (κ1) is 17.8. The second-order valence-corrected chi connectivity index (χ2v) is 5.49. The molecule has 1 heterocycles. The number of nitrogens with zero attached hydrogens (tertiary/aromatic N) is 3. The third-order valence-electron chi connectivity index (χ3n) is 3.76. The van der Waals surface area contributed by atoms with Crippen LogP contribution in [0.15, 0.2) is 47.6 Å². The van der Waals surface area contributed by atoms with Gasteiger partial charge in [-0.3, -0.25) is 4.57 Å².